The number of hydrogen-bond acceptors (Lipinski definition) is 3. The Bertz CT molecular complexity index is 487. The number of thiocarbonyl (C=S) groups is 1. The highest BCUT2D eigenvalue weighted by Crippen LogP contribution is 2.19. The molecular formula is C15H20N2O2S. The van der Waals surface area contributed by atoms with Crippen LogP contribution in [-0.2, 0) is 11.2 Å². The number of benzene rings is 1. The van der Waals surface area contributed by atoms with Crippen LogP contribution in [0, 0.1) is 0 Å². The molecule has 0 aliphatic carbocycles. The molecule has 0 bridgehead atoms. The average Bonchev–Trinajstić information content (AvgIpc) is 2.48. The molecule has 4 nitrogen and oxygen atoms in total. The van der Waals surface area contributed by atoms with Crippen LogP contribution in [0.25, 0.3) is 0 Å². The molecule has 2 rings (SSSR count). The zero-order chi connectivity index (χ0) is 14.5. The Morgan fingerprint density at radius 1 is 1.40 bits per heavy atom. The molecule has 2 N–H and O–H groups in total. The van der Waals surface area contributed by atoms with Gasteiger partial charge >= 0.3 is 0 Å². The minimum Gasteiger partial charge on any atom is -0.497 e. The van der Waals surface area contributed by atoms with Crippen molar-refractivity contribution in [2.45, 2.75) is 31.7 Å². The van der Waals surface area contributed by atoms with Crippen LogP contribution >= 0.6 is 12.2 Å². The smallest absolute Gasteiger partial charge is 0.227 e. The number of rotatable bonds is 4. The number of likely N-dealkylation sites (tertiary alicyclic amines) is 1. The maximum atomic E-state index is 12.4. The molecule has 0 saturated carbocycles. The molecule has 20 heavy (non-hydrogen) atoms. The van der Waals surface area contributed by atoms with Crippen LogP contribution in [0.1, 0.15) is 24.8 Å². The summed E-state index contributed by atoms with van der Waals surface area (Å²) in [7, 11) is 1.63. The predicted molar refractivity (Wildman–Crippen MR) is 82.8 cm³/mol. The van der Waals surface area contributed by atoms with Gasteiger partial charge in [-0.15, -0.1) is 0 Å². The summed E-state index contributed by atoms with van der Waals surface area (Å²) < 4.78 is 5.11. The maximum absolute atomic E-state index is 12.4. The van der Waals surface area contributed by atoms with Crippen molar-refractivity contribution in [1.29, 1.82) is 0 Å². The molecule has 5 heteroatoms. The van der Waals surface area contributed by atoms with Gasteiger partial charge in [0.25, 0.3) is 0 Å². The van der Waals surface area contributed by atoms with Crippen molar-refractivity contribution in [3.63, 3.8) is 0 Å². The lowest BCUT2D eigenvalue weighted by molar-refractivity contribution is -0.132. The van der Waals surface area contributed by atoms with Crippen molar-refractivity contribution in [3.8, 4) is 5.75 Å². The first-order valence-electron chi connectivity index (χ1n) is 6.83. The standard InChI is InChI=1S/C15H20N2O2S/c1-19-12-7-5-11(6-8-12)10-14(18)17-9-3-2-4-13(17)15(16)20/h5-8,13H,2-4,9-10H2,1H3,(H2,16,20). The SMILES string of the molecule is COc1ccc(CC(=O)N2CCCCC2C(N)=S)cc1. The lowest BCUT2D eigenvalue weighted by atomic mass is 10.0. The number of carbonyl (C=O) groups is 1. The van der Waals surface area contributed by atoms with Crippen molar-refractivity contribution < 1.29 is 9.53 Å². The van der Waals surface area contributed by atoms with E-state index in [1.807, 2.05) is 29.2 Å². The summed E-state index contributed by atoms with van der Waals surface area (Å²) in [6, 6.07) is 7.48. The van der Waals surface area contributed by atoms with Crippen molar-refractivity contribution in [3.05, 3.63) is 29.8 Å². The van der Waals surface area contributed by atoms with Gasteiger partial charge in [-0.3, -0.25) is 4.79 Å². The van der Waals surface area contributed by atoms with E-state index in [0.717, 1.165) is 37.1 Å². The topological polar surface area (TPSA) is 55.6 Å². The van der Waals surface area contributed by atoms with E-state index in [4.69, 9.17) is 22.7 Å². The molecule has 1 heterocycles. The summed E-state index contributed by atoms with van der Waals surface area (Å²) in [4.78, 5) is 14.7. The van der Waals surface area contributed by atoms with E-state index in [2.05, 4.69) is 0 Å². The molecule has 0 radical (unpaired) electrons. The van der Waals surface area contributed by atoms with Gasteiger partial charge in [0.1, 0.15) is 5.75 Å². The monoisotopic (exact) mass is 292 g/mol. The first-order chi connectivity index (χ1) is 9.61. The summed E-state index contributed by atoms with van der Waals surface area (Å²) in [6.07, 6.45) is 3.36. The van der Waals surface area contributed by atoms with Gasteiger partial charge in [0, 0.05) is 6.54 Å². The van der Waals surface area contributed by atoms with Crippen LogP contribution in [0.2, 0.25) is 0 Å². The third kappa shape index (κ3) is 3.48. The Morgan fingerprint density at radius 2 is 2.10 bits per heavy atom. The molecule has 1 fully saturated rings. The van der Waals surface area contributed by atoms with E-state index in [9.17, 15) is 4.79 Å². The van der Waals surface area contributed by atoms with Gasteiger partial charge in [-0.25, -0.2) is 0 Å². The fourth-order valence-electron chi connectivity index (χ4n) is 2.55. The zero-order valence-electron chi connectivity index (χ0n) is 11.7. The highest BCUT2D eigenvalue weighted by atomic mass is 32.1. The van der Waals surface area contributed by atoms with Gasteiger partial charge in [-0.05, 0) is 37.0 Å². The molecule has 0 spiro atoms. The zero-order valence-corrected chi connectivity index (χ0v) is 12.5. The van der Waals surface area contributed by atoms with Crippen molar-refractivity contribution in [2.24, 2.45) is 5.73 Å². The Labute approximate surface area is 124 Å². The fraction of sp³-hybridized carbons (Fsp3) is 0.467. The maximum Gasteiger partial charge on any atom is 0.227 e. The Hall–Kier alpha value is -1.62. The van der Waals surface area contributed by atoms with Gasteiger partial charge < -0.3 is 15.4 Å². The molecule has 1 aliphatic rings. The molecule has 1 amide bonds. The van der Waals surface area contributed by atoms with Gasteiger partial charge in [0.05, 0.1) is 24.6 Å². The van der Waals surface area contributed by atoms with E-state index in [0.29, 0.717) is 11.4 Å². The molecule has 108 valence electrons. The van der Waals surface area contributed by atoms with E-state index >= 15 is 0 Å². The van der Waals surface area contributed by atoms with E-state index < -0.39 is 0 Å². The van der Waals surface area contributed by atoms with Crippen molar-refractivity contribution >= 4 is 23.1 Å². The Kier molecular flexibility index (Phi) is 4.95. The minimum atomic E-state index is -0.0792. The lowest BCUT2D eigenvalue weighted by Gasteiger charge is -2.35. The number of methoxy groups -OCH3 is 1. The second kappa shape index (κ2) is 6.70. The fourth-order valence-corrected chi connectivity index (χ4v) is 2.79. The molecular weight excluding hydrogens is 272 g/mol. The summed E-state index contributed by atoms with van der Waals surface area (Å²) in [5.74, 6) is 0.882. The largest absolute Gasteiger partial charge is 0.497 e. The number of nitrogens with two attached hydrogens (primary N) is 1. The number of carbonyl (C=O) groups excluding carboxylic acids is 1. The Balaban J connectivity index is 2.03. The quantitative estimate of drug-likeness (QED) is 0.861. The molecule has 1 aliphatic heterocycles. The van der Waals surface area contributed by atoms with Crippen LogP contribution in [0.15, 0.2) is 24.3 Å². The summed E-state index contributed by atoms with van der Waals surface area (Å²) >= 11 is 5.08. The average molecular weight is 292 g/mol. The van der Waals surface area contributed by atoms with E-state index in [1.165, 1.54) is 0 Å². The third-order valence-electron chi connectivity index (χ3n) is 3.67. The van der Waals surface area contributed by atoms with Crippen LogP contribution in [0.5, 0.6) is 5.75 Å². The van der Waals surface area contributed by atoms with Crippen LogP contribution in [0.3, 0.4) is 0 Å². The van der Waals surface area contributed by atoms with Gasteiger partial charge in [0.2, 0.25) is 5.91 Å². The second-order valence-electron chi connectivity index (χ2n) is 5.03. The number of hydrogen-bond donors (Lipinski definition) is 1. The number of ether oxygens (including phenoxy) is 1. The molecule has 1 aromatic carbocycles. The summed E-state index contributed by atoms with van der Waals surface area (Å²) in [6.45, 7) is 0.747. The minimum absolute atomic E-state index is 0.0792. The number of amides is 1. The van der Waals surface area contributed by atoms with E-state index in [-0.39, 0.29) is 11.9 Å². The normalized spacial score (nSPS) is 18.6. The molecule has 1 aromatic rings. The highest BCUT2D eigenvalue weighted by Gasteiger charge is 2.28. The predicted octanol–water partition coefficient (Wildman–Crippen LogP) is 1.90. The number of piperidine rings is 1. The Morgan fingerprint density at radius 3 is 2.70 bits per heavy atom. The summed E-state index contributed by atoms with van der Waals surface area (Å²) in [5.41, 5.74) is 6.72. The van der Waals surface area contributed by atoms with Gasteiger partial charge in [-0.1, -0.05) is 24.4 Å². The van der Waals surface area contributed by atoms with Gasteiger partial charge in [-0.2, -0.15) is 0 Å². The molecule has 0 aromatic heterocycles. The molecule has 1 unspecified atom stereocenters. The van der Waals surface area contributed by atoms with Crippen LogP contribution in [-0.4, -0.2) is 35.5 Å². The van der Waals surface area contributed by atoms with Crippen molar-refractivity contribution in [2.75, 3.05) is 13.7 Å². The van der Waals surface area contributed by atoms with Crippen LogP contribution in [0.4, 0.5) is 0 Å². The highest BCUT2D eigenvalue weighted by molar-refractivity contribution is 7.80. The van der Waals surface area contributed by atoms with Crippen LogP contribution < -0.4 is 10.5 Å². The lowest BCUT2D eigenvalue weighted by Crippen LogP contribution is -2.50. The summed E-state index contributed by atoms with van der Waals surface area (Å²) in [5, 5.41) is 0. The first kappa shape index (κ1) is 14.8. The molecule has 1 saturated heterocycles. The molecule has 1 atom stereocenters. The van der Waals surface area contributed by atoms with E-state index in [1.54, 1.807) is 7.11 Å². The number of nitrogens with zero attached hydrogens (tertiary/aromatic N) is 1. The first-order valence-corrected chi connectivity index (χ1v) is 7.24. The van der Waals surface area contributed by atoms with Crippen molar-refractivity contribution in [1.82, 2.24) is 4.90 Å². The third-order valence-corrected chi connectivity index (χ3v) is 3.94. The second-order valence-corrected chi connectivity index (χ2v) is 5.50. The van der Waals surface area contributed by atoms with Gasteiger partial charge in [0.15, 0.2) is 0 Å².